The highest BCUT2D eigenvalue weighted by Crippen LogP contribution is 2.23. The van der Waals surface area contributed by atoms with Gasteiger partial charge in [-0.15, -0.1) is 0 Å². The number of nitrogens with one attached hydrogen (secondary N) is 1. The number of sulfonamides is 1. The fourth-order valence-electron chi connectivity index (χ4n) is 4.05. The number of carbonyl (C=O) groups excluding carboxylic acids is 1. The summed E-state index contributed by atoms with van der Waals surface area (Å²) >= 11 is 0. The molecule has 0 saturated carbocycles. The molecule has 172 valence electrons. The van der Waals surface area contributed by atoms with Gasteiger partial charge in [-0.3, -0.25) is 14.9 Å². The highest BCUT2D eigenvalue weighted by atomic mass is 32.2. The van der Waals surface area contributed by atoms with Crippen LogP contribution in [-0.4, -0.2) is 43.3 Å². The van der Waals surface area contributed by atoms with Gasteiger partial charge < -0.3 is 4.90 Å². The van der Waals surface area contributed by atoms with Gasteiger partial charge >= 0.3 is 0 Å². The van der Waals surface area contributed by atoms with Gasteiger partial charge in [0.05, 0.1) is 9.82 Å². The summed E-state index contributed by atoms with van der Waals surface area (Å²) in [5, 5.41) is 10.8. The maximum absolute atomic E-state index is 13.1. The van der Waals surface area contributed by atoms with Crippen LogP contribution in [0.5, 0.6) is 0 Å². The van der Waals surface area contributed by atoms with Crippen molar-refractivity contribution < 1.29 is 18.1 Å². The molecule has 1 fully saturated rings. The molecular weight excluding hydrogens is 430 g/mol. The van der Waals surface area contributed by atoms with E-state index in [-0.39, 0.29) is 16.5 Å². The molecule has 0 radical (unpaired) electrons. The predicted molar refractivity (Wildman–Crippen MR) is 122 cm³/mol. The average Bonchev–Trinajstić information content (AvgIpc) is 2.79. The van der Waals surface area contributed by atoms with Gasteiger partial charge in [0.15, 0.2) is 0 Å². The molecule has 9 heteroatoms. The molecule has 1 heterocycles. The van der Waals surface area contributed by atoms with Crippen LogP contribution in [0.4, 0.5) is 5.69 Å². The molecule has 0 aromatic heterocycles. The molecule has 1 aliphatic heterocycles. The van der Waals surface area contributed by atoms with Gasteiger partial charge in [-0.2, -0.15) is 4.72 Å². The first-order valence-corrected chi connectivity index (χ1v) is 12.4. The first-order valence-electron chi connectivity index (χ1n) is 10.9. The SMILES string of the molecule is CCCC(NS(=O)(=O)c1ccc([N+](=O)[O-])cc1)C(=O)N1CCC(Cc2ccccc2)CC1. The van der Waals surface area contributed by atoms with Crippen LogP contribution in [0.2, 0.25) is 0 Å². The zero-order valence-electron chi connectivity index (χ0n) is 18.1. The molecule has 1 saturated heterocycles. The van der Waals surface area contributed by atoms with Crippen molar-refractivity contribution in [3.8, 4) is 0 Å². The number of carbonyl (C=O) groups is 1. The van der Waals surface area contributed by atoms with Crippen molar-refractivity contribution in [3.05, 3.63) is 70.3 Å². The van der Waals surface area contributed by atoms with E-state index in [4.69, 9.17) is 0 Å². The third kappa shape index (κ3) is 6.14. The number of nitro benzene ring substituents is 1. The van der Waals surface area contributed by atoms with Crippen LogP contribution in [0.1, 0.15) is 38.2 Å². The molecule has 8 nitrogen and oxygen atoms in total. The van der Waals surface area contributed by atoms with E-state index in [9.17, 15) is 23.3 Å². The molecular formula is C23H29N3O5S. The topological polar surface area (TPSA) is 110 Å². The zero-order valence-corrected chi connectivity index (χ0v) is 19.0. The Hall–Kier alpha value is -2.78. The Morgan fingerprint density at radius 1 is 1.12 bits per heavy atom. The second kappa shape index (κ2) is 10.7. The summed E-state index contributed by atoms with van der Waals surface area (Å²) in [6.07, 6.45) is 3.77. The summed E-state index contributed by atoms with van der Waals surface area (Å²) < 4.78 is 28.1. The van der Waals surface area contributed by atoms with Crippen LogP contribution in [0.25, 0.3) is 0 Å². The Morgan fingerprint density at radius 3 is 2.31 bits per heavy atom. The Labute approximate surface area is 188 Å². The van der Waals surface area contributed by atoms with E-state index < -0.39 is 21.0 Å². The van der Waals surface area contributed by atoms with Crippen molar-refractivity contribution >= 4 is 21.6 Å². The monoisotopic (exact) mass is 459 g/mol. The molecule has 1 aliphatic rings. The van der Waals surface area contributed by atoms with Crippen molar-refractivity contribution in [2.24, 2.45) is 5.92 Å². The lowest BCUT2D eigenvalue weighted by atomic mass is 9.90. The van der Waals surface area contributed by atoms with Crippen molar-refractivity contribution in [1.82, 2.24) is 9.62 Å². The summed E-state index contributed by atoms with van der Waals surface area (Å²) in [7, 11) is -3.98. The number of amides is 1. The maximum Gasteiger partial charge on any atom is 0.269 e. The van der Waals surface area contributed by atoms with E-state index in [1.54, 1.807) is 4.90 Å². The molecule has 2 aromatic carbocycles. The summed E-state index contributed by atoms with van der Waals surface area (Å²) in [6.45, 7) is 3.11. The molecule has 0 bridgehead atoms. The number of nitrogens with zero attached hydrogens (tertiary/aromatic N) is 2. The van der Waals surface area contributed by atoms with Crippen LogP contribution in [0, 0.1) is 16.0 Å². The zero-order chi connectivity index (χ0) is 23.1. The lowest BCUT2D eigenvalue weighted by molar-refractivity contribution is -0.384. The molecule has 1 amide bonds. The molecule has 2 aromatic rings. The third-order valence-corrected chi connectivity index (χ3v) is 7.31. The fraction of sp³-hybridized carbons (Fsp3) is 0.435. The second-order valence-corrected chi connectivity index (χ2v) is 9.89. The number of non-ortho nitro benzene ring substituents is 1. The summed E-state index contributed by atoms with van der Waals surface area (Å²) in [5.74, 6) is 0.290. The lowest BCUT2D eigenvalue weighted by Crippen LogP contribution is -2.50. The number of likely N-dealkylation sites (tertiary alicyclic amines) is 1. The maximum atomic E-state index is 13.1. The van der Waals surface area contributed by atoms with Crippen LogP contribution in [0.3, 0.4) is 0 Å². The van der Waals surface area contributed by atoms with E-state index >= 15 is 0 Å². The van der Waals surface area contributed by atoms with E-state index in [0.717, 1.165) is 31.4 Å². The first-order chi connectivity index (χ1) is 15.3. The molecule has 32 heavy (non-hydrogen) atoms. The fourth-order valence-corrected chi connectivity index (χ4v) is 5.27. The molecule has 1 N–H and O–H groups in total. The van der Waals surface area contributed by atoms with Gasteiger partial charge in [0, 0.05) is 25.2 Å². The molecule has 0 aliphatic carbocycles. The van der Waals surface area contributed by atoms with Gasteiger partial charge in [-0.05, 0) is 49.3 Å². The van der Waals surface area contributed by atoms with Crippen LogP contribution in [-0.2, 0) is 21.2 Å². The highest BCUT2D eigenvalue weighted by Gasteiger charge is 2.31. The Balaban J connectivity index is 1.62. The van der Waals surface area contributed by atoms with Crippen molar-refractivity contribution in [2.45, 2.75) is 50.0 Å². The standard InChI is InChI=1S/C23H29N3O5S/c1-2-6-22(24-32(30,31)21-11-9-20(10-12-21)26(28)29)23(27)25-15-13-19(14-16-25)17-18-7-4-3-5-8-18/h3-5,7-12,19,22,24H,2,6,13-17H2,1H3. The predicted octanol–water partition coefficient (Wildman–Crippen LogP) is 3.52. The van der Waals surface area contributed by atoms with Crippen LogP contribution >= 0.6 is 0 Å². The van der Waals surface area contributed by atoms with Crippen LogP contribution in [0.15, 0.2) is 59.5 Å². The van der Waals surface area contributed by atoms with Crippen molar-refractivity contribution in [3.63, 3.8) is 0 Å². The molecule has 0 spiro atoms. The number of hydrogen-bond acceptors (Lipinski definition) is 5. The number of rotatable bonds is 9. The molecule has 1 unspecified atom stereocenters. The van der Waals surface area contributed by atoms with E-state index in [2.05, 4.69) is 16.9 Å². The number of piperidine rings is 1. The highest BCUT2D eigenvalue weighted by molar-refractivity contribution is 7.89. The van der Waals surface area contributed by atoms with E-state index in [1.807, 2.05) is 25.1 Å². The van der Waals surface area contributed by atoms with Gasteiger partial charge in [-0.25, -0.2) is 8.42 Å². The van der Waals surface area contributed by atoms with Gasteiger partial charge in [0.25, 0.3) is 5.69 Å². The largest absolute Gasteiger partial charge is 0.341 e. The Bertz CT molecular complexity index is 1020. The Morgan fingerprint density at radius 2 is 1.75 bits per heavy atom. The molecule has 3 rings (SSSR count). The quantitative estimate of drug-likeness (QED) is 0.456. The number of benzene rings is 2. The number of nitro groups is 1. The minimum absolute atomic E-state index is 0.0985. The van der Waals surface area contributed by atoms with Crippen molar-refractivity contribution in [1.29, 1.82) is 0 Å². The average molecular weight is 460 g/mol. The van der Waals surface area contributed by atoms with Crippen molar-refractivity contribution in [2.75, 3.05) is 13.1 Å². The summed E-state index contributed by atoms with van der Waals surface area (Å²) in [4.78, 5) is 25.0. The molecule has 1 atom stereocenters. The smallest absolute Gasteiger partial charge is 0.269 e. The normalized spacial score (nSPS) is 16.0. The van der Waals surface area contributed by atoms with E-state index in [1.165, 1.54) is 17.7 Å². The van der Waals surface area contributed by atoms with Crippen LogP contribution < -0.4 is 4.72 Å². The van der Waals surface area contributed by atoms with Gasteiger partial charge in [0.1, 0.15) is 6.04 Å². The summed E-state index contributed by atoms with van der Waals surface area (Å²) in [5.41, 5.74) is 1.10. The second-order valence-electron chi connectivity index (χ2n) is 8.17. The van der Waals surface area contributed by atoms with Gasteiger partial charge in [-0.1, -0.05) is 43.7 Å². The minimum Gasteiger partial charge on any atom is -0.341 e. The Kier molecular flexibility index (Phi) is 7.98. The summed E-state index contributed by atoms with van der Waals surface area (Å²) in [6, 6.07) is 14.1. The van der Waals surface area contributed by atoms with Gasteiger partial charge in [0.2, 0.25) is 15.9 Å². The van der Waals surface area contributed by atoms with E-state index in [0.29, 0.717) is 31.8 Å². The number of hydrogen-bond donors (Lipinski definition) is 1. The minimum atomic E-state index is -3.98. The first kappa shape index (κ1) is 23.9. The lowest BCUT2D eigenvalue weighted by Gasteiger charge is -2.34. The third-order valence-electron chi connectivity index (χ3n) is 5.82.